The minimum atomic E-state index is 0.197. The predicted molar refractivity (Wildman–Crippen MR) is 127 cm³/mol. The highest BCUT2D eigenvalue weighted by Gasteiger charge is 2.38. The Morgan fingerprint density at radius 3 is 2.37 bits per heavy atom. The molecule has 5 heteroatoms. The second-order valence-electron chi connectivity index (χ2n) is 8.89. The van der Waals surface area contributed by atoms with Crippen LogP contribution in [-0.2, 0) is 11.3 Å². The summed E-state index contributed by atoms with van der Waals surface area (Å²) in [4.78, 5) is 16.4. The molecule has 1 aliphatic carbocycles. The average molecular weight is 490 g/mol. The van der Waals surface area contributed by atoms with Gasteiger partial charge in [0.25, 0.3) is 0 Å². The van der Waals surface area contributed by atoms with Crippen LogP contribution in [0.25, 0.3) is 0 Å². The fourth-order valence-electron chi connectivity index (χ4n) is 4.89. The molecule has 0 aromatic heterocycles. The van der Waals surface area contributed by atoms with Crippen LogP contribution in [0.4, 0.5) is 0 Å². The summed E-state index contributed by atoms with van der Waals surface area (Å²) in [5, 5.41) is 0.769. The van der Waals surface area contributed by atoms with Crippen molar-refractivity contribution in [1.29, 1.82) is 0 Å². The van der Waals surface area contributed by atoms with Crippen LogP contribution in [0, 0.1) is 6.92 Å². The van der Waals surface area contributed by atoms with E-state index in [0.717, 1.165) is 42.0 Å². The van der Waals surface area contributed by atoms with E-state index < -0.39 is 0 Å². The Morgan fingerprint density at radius 2 is 1.77 bits per heavy atom. The molecule has 1 amide bonds. The summed E-state index contributed by atoms with van der Waals surface area (Å²) in [6, 6.07) is 16.4. The number of aryl methyl sites for hydroxylation is 1. The van der Waals surface area contributed by atoms with Crippen LogP contribution in [0.15, 0.2) is 46.9 Å². The second-order valence-corrected chi connectivity index (χ2v) is 10.2. The fraction of sp³-hybridized carbons (Fsp3) is 0.480. The van der Waals surface area contributed by atoms with E-state index >= 15 is 0 Å². The van der Waals surface area contributed by atoms with Crippen molar-refractivity contribution in [1.82, 2.24) is 9.80 Å². The summed E-state index contributed by atoms with van der Waals surface area (Å²) in [6.45, 7) is 6.48. The molecule has 0 unspecified atom stereocenters. The van der Waals surface area contributed by atoms with Crippen molar-refractivity contribution in [3.63, 3.8) is 0 Å². The van der Waals surface area contributed by atoms with Crippen molar-refractivity contribution in [3.05, 3.63) is 68.7 Å². The Balaban J connectivity index is 1.47. The summed E-state index contributed by atoms with van der Waals surface area (Å²) in [7, 11) is 0. The molecule has 4 rings (SSSR count). The van der Waals surface area contributed by atoms with Gasteiger partial charge in [0.15, 0.2) is 0 Å². The first-order chi connectivity index (χ1) is 14.4. The lowest BCUT2D eigenvalue weighted by molar-refractivity contribution is -0.130. The van der Waals surface area contributed by atoms with Crippen LogP contribution in [0.5, 0.6) is 0 Å². The third-order valence-electron chi connectivity index (χ3n) is 6.86. The topological polar surface area (TPSA) is 23.6 Å². The van der Waals surface area contributed by atoms with E-state index in [4.69, 9.17) is 11.6 Å². The van der Waals surface area contributed by atoms with Gasteiger partial charge in [-0.3, -0.25) is 9.69 Å². The van der Waals surface area contributed by atoms with Crippen LogP contribution >= 0.6 is 27.5 Å². The molecule has 0 N–H and O–H groups in total. The summed E-state index contributed by atoms with van der Waals surface area (Å²) in [5.41, 5.74) is 4.05. The number of hydrogen-bond donors (Lipinski definition) is 0. The van der Waals surface area contributed by atoms with Gasteiger partial charge in [0.1, 0.15) is 0 Å². The molecule has 1 saturated heterocycles. The van der Waals surface area contributed by atoms with Crippen molar-refractivity contribution < 1.29 is 4.79 Å². The van der Waals surface area contributed by atoms with E-state index in [1.54, 1.807) is 6.92 Å². The van der Waals surface area contributed by atoms with Gasteiger partial charge in [-0.1, -0.05) is 47.5 Å². The van der Waals surface area contributed by atoms with Gasteiger partial charge in [-0.25, -0.2) is 0 Å². The average Bonchev–Trinajstić information content (AvgIpc) is 2.70. The minimum absolute atomic E-state index is 0.197. The zero-order chi connectivity index (χ0) is 21.3. The molecule has 2 aromatic rings. The van der Waals surface area contributed by atoms with Crippen LogP contribution < -0.4 is 0 Å². The van der Waals surface area contributed by atoms with Gasteiger partial charge in [0, 0.05) is 43.1 Å². The number of likely N-dealkylation sites (tertiary alicyclic amines) is 1. The van der Waals surface area contributed by atoms with Crippen molar-refractivity contribution in [2.24, 2.45) is 0 Å². The molecule has 0 spiro atoms. The molecule has 1 heterocycles. The number of rotatable bonds is 5. The lowest BCUT2D eigenvalue weighted by atomic mass is 9.74. The Hall–Kier alpha value is -1.36. The van der Waals surface area contributed by atoms with Gasteiger partial charge in [-0.15, -0.1) is 0 Å². The highest BCUT2D eigenvalue weighted by molar-refractivity contribution is 9.10. The highest BCUT2D eigenvalue weighted by Crippen LogP contribution is 2.42. The van der Waals surface area contributed by atoms with Gasteiger partial charge in [-0.05, 0) is 77.7 Å². The number of carbonyl (C=O) groups is 1. The van der Waals surface area contributed by atoms with Crippen molar-refractivity contribution >= 4 is 33.4 Å². The molecular formula is C25H30BrClN2O. The maximum atomic E-state index is 11.8. The monoisotopic (exact) mass is 488 g/mol. The zero-order valence-electron chi connectivity index (χ0n) is 17.8. The van der Waals surface area contributed by atoms with Gasteiger partial charge < -0.3 is 4.90 Å². The SMILES string of the molecule is CC(=O)N1CCC(N(Cc2ccc(Br)c(Cl)c2)C2CC(c3ccc(C)cc3)C2)CC1. The summed E-state index contributed by atoms with van der Waals surface area (Å²) in [6.07, 6.45) is 4.52. The number of nitrogens with zero attached hydrogens (tertiary/aromatic N) is 2. The lowest BCUT2D eigenvalue weighted by Crippen LogP contribution is -2.52. The molecule has 0 atom stereocenters. The zero-order valence-corrected chi connectivity index (χ0v) is 20.1. The third kappa shape index (κ3) is 4.92. The first-order valence-corrected chi connectivity index (χ1v) is 12.1. The molecule has 0 radical (unpaired) electrons. The Morgan fingerprint density at radius 1 is 1.10 bits per heavy atom. The van der Waals surface area contributed by atoms with Crippen LogP contribution in [0.3, 0.4) is 0 Å². The molecular weight excluding hydrogens is 460 g/mol. The lowest BCUT2D eigenvalue weighted by Gasteiger charge is -2.48. The van der Waals surface area contributed by atoms with Crippen molar-refractivity contribution in [2.45, 2.75) is 64.1 Å². The number of carbonyl (C=O) groups excluding carboxylic acids is 1. The maximum Gasteiger partial charge on any atom is 0.219 e. The summed E-state index contributed by atoms with van der Waals surface area (Å²) < 4.78 is 0.942. The fourth-order valence-corrected chi connectivity index (χ4v) is 5.34. The number of amides is 1. The number of benzene rings is 2. The van der Waals surface area contributed by atoms with Crippen LogP contribution in [-0.4, -0.2) is 40.9 Å². The normalized spacial score (nSPS) is 22.2. The second kappa shape index (κ2) is 9.42. The molecule has 1 aliphatic heterocycles. The first kappa shape index (κ1) is 21.9. The quantitative estimate of drug-likeness (QED) is 0.501. The van der Waals surface area contributed by atoms with E-state index in [2.05, 4.69) is 64.2 Å². The van der Waals surface area contributed by atoms with Gasteiger partial charge in [-0.2, -0.15) is 0 Å². The van der Waals surface area contributed by atoms with Gasteiger partial charge >= 0.3 is 0 Å². The standard InChI is InChI=1S/C25H30BrClN2O/c1-17-3-6-20(7-4-17)21-14-23(15-21)29(16-19-5-8-24(26)25(27)13-19)22-9-11-28(12-10-22)18(2)30/h3-8,13,21-23H,9-12,14-16H2,1-2H3. The van der Waals surface area contributed by atoms with Gasteiger partial charge in [0.05, 0.1) is 5.02 Å². The van der Waals surface area contributed by atoms with Crippen molar-refractivity contribution in [3.8, 4) is 0 Å². The first-order valence-electron chi connectivity index (χ1n) is 10.9. The summed E-state index contributed by atoms with van der Waals surface area (Å²) in [5.74, 6) is 0.853. The van der Waals surface area contributed by atoms with E-state index in [1.807, 2.05) is 11.0 Å². The molecule has 2 aromatic carbocycles. The highest BCUT2D eigenvalue weighted by atomic mass is 79.9. The van der Waals surface area contributed by atoms with Crippen molar-refractivity contribution in [2.75, 3.05) is 13.1 Å². The number of hydrogen-bond acceptors (Lipinski definition) is 2. The molecule has 2 fully saturated rings. The molecule has 0 bridgehead atoms. The van der Waals surface area contributed by atoms with E-state index in [9.17, 15) is 4.79 Å². The molecule has 1 saturated carbocycles. The largest absolute Gasteiger partial charge is 0.343 e. The smallest absolute Gasteiger partial charge is 0.219 e. The van der Waals surface area contributed by atoms with Crippen LogP contribution in [0.2, 0.25) is 5.02 Å². The number of halogens is 2. The van der Waals surface area contributed by atoms with Crippen LogP contribution in [0.1, 0.15) is 55.2 Å². The van der Waals surface area contributed by atoms with E-state index in [0.29, 0.717) is 18.0 Å². The molecule has 30 heavy (non-hydrogen) atoms. The Labute approximate surface area is 193 Å². The Bertz CT molecular complexity index is 887. The minimum Gasteiger partial charge on any atom is -0.343 e. The third-order valence-corrected chi connectivity index (χ3v) is 8.09. The Kier molecular flexibility index (Phi) is 6.86. The number of piperidine rings is 1. The van der Waals surface area contributed by atoms with Gasteiger partial charge in [0.2, 0.25) is 5.91 Å². The van der Waals surface area contributed by atoms with E-state index in [-0.39, 0.29) is 5.91 Å². The molecule has 160 valence electrons. The van der Waals surface area contributed by atoms with E-state index in [1.165, 1.54) is 29.5 Å². The molecule has 3 nitrogen and oxygen atoms in total. The maximum absolute atomic E-state index is 11.8. The molecule has 2 aliphatic rings. The summed E-state index contributed by atoms with van der Waals surface area (Å²) >= 11 is 9.87. The predicted octanol–water partition coefficient (Wildman–Crippen LogP) is 6.17.